The molecular formula is C17H22BrNO. The third-order valence-electron chi connectivity index (χ3n) is 5.07. The molecule has 0 saturated heterocycles. The van der Waals surface area contributed by atoms with Gasteiger partial charge in [0.15, 0.2) is 0 Å². The van der Waals surface area contributed by atoms with E-state index >= 15 is 0 Å². The van der Waals surface area contributed by atoms with E-state index in [-0.39, 0.29) is 22.2 Å². The average molecular weight is 336 g/mol. The second kappa shape index (κ2) is 4.87. The molecule has 0 aromatic heterocycles. The summed E-state index contributed by atoms with van der Waals surface area (Å²) in [5.41, 5.74) is 2.65. The van der Waals surface area contributed by atoms with Crippen molar-refractivity contribution in [2.75, 3.05) is 0 Å². The van der Waals surface area contributed by atoms with Crippen LogP contribution in [0, 0.1) is 11.8 Å². The molecule has 1 fully saturated rings. The highest BCUT2D eigenvalue weighted by molar-refractivity contribution is 9.09. The Bertz CT molecular complexity index is 538. The van der Waals surface area contributed by atoms with E-state index in [0.717, 1.165) is 12.8 Å². The third-order valence-corrected chi connectivity index (χ3v) is 6.22. The Morgan fingerprint density at radius 1 is 1.40 bits per heavy atom. The predicted octanol–water partition coefficient (Wildman–Crippen LogP) is 3.64. The number of nitrogens with one attached hydrogen (secondary N) is 1. The van der Waals surface area contributed by atoms with Gasteiger partial charge in [-0.25, -0.2) is 0 Å². The molecule has 3 heteroatoms. The minimum atomic E-state index is -0.206. The highest BCUT2D eigenvalue weighted by Crippen LogP contribution is 2.59. The molecule has 1 saturated carbocycles. The Kier molecular flexibility index (Phi) is 3.44. The quantitative estimate of drug-likeness (QED) is 0.839. The summed E-state index contributed by atoms with van der Waals surface area (Å²) in [6.45, 7) is 6.23. The molecule has 1 N–H and O–H groups in total. The van der Waals surface area contributed by atoms with E-state index in [0.29, 0.717) is 11.8 Å². The smallest absolute Gasteiger partial charge is 0.224 e. The summed E-state index contributed by atoms with van der Waals surface area (Å²) in [7, 11) is 0. The molecule has 2 nitrogen and oxygen atoms in total. The van der Waals surface area contributed by atoms with Gasteiger partial charge in [-0.3, -0.25) is 4.79 Å². The number of carbonyl (C=O) groups excluding carboxylic acids is 1. The van der Waals surface area contributed by atoms with Crippen LogP contribution in [-0.4, -0.2) is 16.3 Å². The summed E-state index contributed by atoms with van der Waals surface area (Å²) in [6, 6.07) is 8.62. The third kappa shape index (κ3) is 2.30. The number of alkyl halides is 1. The Labute approximate surface area is 129 Å². The molecule has 3 rings (SSSR count). The molecule has 0 spiro atoms. The zero-order chi connectivity index (χ0) is 14.5. The number of fused-ring (bicyclic) bond motifs is 3. The molecule has 20 heavy (non-hydrogen) atoms. The van der Waals surface area contributed by atoms with Crippen LogP contribution in [-0.2, 0) is 11.2 Å². The van der Waals surface area contributed by atoms with Gasteiger partial charge in [-0.15, -0.1) is 0 Å². The second-order valence-electron chi connectivity index (χ2n) is 6.78. The van der Waals surface area contributed by atoms with E-state index in [1.807, 2.05) is 0 Å². The van der Waals surface area contributed by atoms with Gasteiger partial charge < -0.3 is 5.32 Å². The fraction of sp³-hybridized carbons (Fsp3) is 0.588. The largest absolute Gasteiger partial charge is 0.350 e. The monoisotopic (exact) mass is 335 g/mol. The Hall–Kier alpha value is -0.830. The molecule has 1 aromatic rings. The zero-order valence-electron chi connectivity index (χ0n) is 12.3. The highest BCUT2D eigenvalue weighted by Gasteiger charge is 2.57. The number of aryl methyl sites for hydroxylation is 1. The van der Waals surface area contributed by atoms with Crippen molar-refractivity contribution < 1.29 is 4.79 Å². The first-order valence-electron chi connectivity index (χ1n) is 7.45. The van der Waals surface area contributed by atoms with Gasteiger partial charge in [0, 0.05) is 16.3 Å². The highest BCUT2D eigenvalue weighted by atomic mass is 79.9. The summed E-state index contributed by atoms with van der Waals surface area (Å²) in [5, 5.41) is 3.22. The normalized spacial score (nSPS) is 29.1. The van der Waals surface area contributed by atoms with E-state index in [1.165, 1.54) is 11.1 Å². The molecule has 1 amide bonds. The maximum atomic E-state index is 12.6. The summed E-state index contributed by atoms with van der Waals surface area (Å²) in [5.74, 6) is 1.44. The van der Waals surface area contributed by atoms with Gasteiger partial charge in [-0.1, -0.05) is 47.1 Å². The Morgan fingerprint density at radius 2 is 2.10 bits per heavy atom. The lowest BCUT2D eigenvalue weighted by Gasteiger charge is -2.29. The fourth-order valence-electron chi connectivity index (χ4n) is 3.42. The lowest BCUT2D eigenvalue weighted by molar-refractivity contribution is -0.124. The molecule has 1 aromatic carbocycles. The summed E-state index contributed by atoms with van der Waals surface area (Å²) < 4.78 is 0. The summed E-state index contributed by atoms with van der Waals surface area (Å²) in [6.07, 6.45) is 2.28. The minimum Gasteiger partial charge on any atom is -0.350 e. The van der Waals surface area contributed by atoms with Crippen LogP contribution in [0.1, 0.15) is 44.2 Å². The molecule has 2 aliphatic carbocycles. The van der Waals surface area contributed by atoms with Gasteiger partial charge in [-0.05, 0) is 49.7 Å². The summed E-state index contributed by atoms with van der Waals surface area (Å²) >= 11 is 3.58. The van der Waals surface area contributed by atoms with E-state index in [2.05, 4.69) is 66.3 Å². The molecule has 108 valence electrons. The number of carbonyl (C=O) groups is 1. The van der Waals surface area contributed by atoms with Crippen LogP contribution < -0.4 is 5.32 Å². The van der Waals surface area contributed by atoms with Crippen molar-refractivity contribution in [1.29, 1.82) is 0 Å². The first-order valence-corrected chi connectivity index (χ1v) is 8.37. The van der Waals surface area contributed by atoms with Crippen LogP contribution in [0.4, 0.5) is 0 Å². The van der Waals surface area contributed by atoms with Crippen LogP contribution in [0.25, 0.3) is 0 Å². The van der Waals surface area contributed by atoms with Crippen molar-refractivity contribution in [2.24, 2.45) is 11.8 Å². The lowest BCUT2D eigenvalue weighted by atomic mass is 9.92. The predicted molar refractivity (Wildman–Crippen MR) is 85.1 cm³/mol. The van der Waals surface area contributed by atoms with Gasteiger partial charge >= 0.3 is 0 Å². The number of amides is 1. The Balaban J connectivity index is 1.75. The van der Waals surface area contributed by atoms with Crippen molar-refractivity contribution in [1.82, 2.24) is 5.32 Å². The molecule has 2 aliphatic rings. The van der Waals surface area contributed by atoms with Crippen molar-refractivity contribution in [3.05, 3.63) is 35.4 Å². The molecule has 4 unspecified atom stereocenters. The number of rotatable bonds is 3. The van der Waals surface area contributed by atoms with Crippen molar-refractivity contribution in [3.8, 4) is 0 Å². The summed E-state index contributed by atoms with van der Waals surface area (Å²) in [4.78, 5) is 12.8. The van der Waals surface area contributed by atoms with Gasteiger partial charge in [0.25, 0.3) is 0 Å². The van der Waals surface area contributed by atoms with Gasteiger partial charge in [-0.2, -0.15) is 0 Å². The fourth-order valence-corrected chi connectivity index (χ4v) is 3.54. The SMILES string of the molecule is CC(Br)C(C)(C)NC(=O)C1C2CCc3ccccc3C21. The van der Waals surface area contributed by atoms with Gasteiger partial charge in [0.1, 0.15) is 0 Å². The van der Waals surface area contributed by atoms with Crippen molar-refractivity contribution in [2.45, 2.75) is 49.9 Å². The molecule has 0 bridgehead atoms. The number of benzene rings is 1. The van der Waals surface area contributed by atoms with Crippen LogP contribution >= 0.6 is 15.9 Å². The second-order valence-corrected chi connectivity index (χ2v) is 8.15. The first-order chi connectivity index (χ1) is 9.42. The van der Waals surface area contributed by atoms with E-state index < -0.39 is 0 Å². The minimum absolute atomic E-state index is 0.184. The van der Waals surface area contributed by atoms with Crippen LogP contribution in [0.5, 0.6) is 0 Å². The number of hydrogen-bond acceptors (Lipinski definition) is 1. The number of hydrogen-bond donors (Lipinski definition) is 1. The first kappa shape index (κ1) is 14.1. The van der Waals surface area contributed by atoms with Crippen LogP contribution in [0.15, 0.2) is 24.3 Å². The topological polar surface area (TPSA) is 29.1 Å². The maximum absolute atomic E-state index is 12.6. The average Bonchev–Trinajstić information content (AvgIpc) is 3.12. The Morgan fingerprint density at radius 3 is 2.80 bits per heavy atom. The lowest BCUT2D eigenvalue weighted by Crippen LogP contribution is -2.49. The molecular weight excluding hydrogens is 314 g/mol. The standard InChI is InChI=1S/C17H22BrNO/c1-10(18)17(2,3)19-16(20)15-13-9-8-11-6-4-5-7-12(11)14(13)15/h4-7,10,13-15H,8-9H2,1-3H3,(H,19,20). The molecule has 0 heterocycles. The van der Waals surface area contributed by atoms with Crippen molar-refractivity contribution in [3.63, 3.8) is 0 Å². The number of halogens is 1. The maximum Gasteiger partial charge on any atom is 0.224 e. The molecule has 0 aliphatic heterocycles. The van der Waals surface area contributed by atoms with E-state index in [1.54, 1.807) is 0 Å². The molecule has 4 atom stereocenters. The van der Waals surface area contributed by atoms with E-state index in [4.69, 9.17) is 0 Å². The van der Waals surface area contributed by atoms with Gasteiger partial charge in [0.2, 0.25) is 5.91 Å². The van der Waals surface area contributed by atoms with Crippen molar-refractivity contribution >= 4 is 21.8 Å². The zero-order valence-corrected chi connectivity index (χ0v) is 13.9. The molecule has 0 radical (unpaired) electrons. The van der Waals surface area contributed by atoms with Crippen LogP contribution in [0.3, 0.4) is 0 Å². The van der Waals surface area contributed by atoms with Crippen LogP contribution in [0.2, 0.25) is 0 Å². The van der Waals surface area contributed by atoms with Gasteiger partial charge in [0.05, 0.1) is 0 Å². The van der Waals surface area contributed by atoms with E-state index in [9.17, 15) is 4.79 Å².